The Kier molecular flexibility index (Phi) is 6.25. The Labute approximate surface area is 169 Å². The fraction of sp³-hybridized carbons (Fsp3) is 0.435. The van der Waals surface area contributed by atoms with Crippen molar-refractivity contribution in [1.29, 1.82) is 0 Å². The van der Waals surface area contributed by atoms with E-state index in [1.165, 1.54) is 10.4 Å². The lowest BCUT2D eigenvalue weighted by molar-refractivity contribution is 0.125. The molecule has 1 aliphatic carbocycles. The van der Waals surface area contributed by atoms with Crippen LogP contribution in [0.15, 0.2) is 60.7 Å². The second-order valence-corrected chi connectivity index (χ2v) is 13.0. The molecule has 0 unspecified atom stereocenters. The van der Waals surface area contributed by atoms with Crippen LogP contribution < -0.4 is 15.7 Å². The van der Waals surface area contributed by atoms with Crippen molar-refractivity contribution in [2.45, 2.75) is 63.6 Å². The molecule has 0 saturated heterocycles. The molecule has 1 amide bonds. The molecule has 150 valence electrons. The van der Waals surface area contributed by atoms with Crippen LogP contribution in [-0.4, -0.2) is 31.7 Å². The molecule has 1 aliphatic rings. The molecular formula is C23H31NO3Si. The Morgan fingerprint density at radius 2 is 1.39 bits per heavy atom. The van der Waals surface area contributed by atoms with Crippen LogP contribution in [0.1, 0.15) is 46.5 Å². The van der Waals surface area contributed by atoms with Crippen LogP contribution in [0, 0.1) is 0 Å². The van der Waals surface area contributed by atoms with Crippen molar-refractivity contribution in [2.24, 2.45) is 0 Å². The van der Waals surface area contributed by atoms with Crippen LogP contribution in [0.3, 0.4) is 0 Å². The van der Waals surface area contributed by atoms with Gasteiger partial charge in [0, 0.05) is 12.1 Å². The van der Waals surface area contributed by atoms with E-state index in [0.29, 0.717) is 0 Å². The fourth-order valence-electron chi connectivity index (χ4n) is 4.44. The summed E-state index contributed by atoms with van der Waals surface area (Å²) in [6, 6.07) is 21.4. The Morgan fingerprint density at radius 3 is 1.79 bits per heavy atom. The van der Waals surface area contributed by atoms with Crippen molar-refractivity contribution < 1.29 is 14.3 Å². The quantitative estimate of drug-likeness (QED) is 0.746. The molecule has 3 rings (SSSR count). The highest BCUT2D eigenvalue weighted by molar-refractivity contribution is 6.99. The van der Waals surface area contributed by atoms with Gasteiger partial charge in [0.2, 0.25) is 0 Å². The lowest BCUT2D eigenvalue weighted by atomic mass is 9.93. The third kappa shape index (κ3) is 4.31. The molecule has 2 N–H and O–H groups in total. The third-order valence-corrected chi connectivity index (χ3v) is 10.9. The second kappa shape index (κ2) is 8.49. The van der Waals surface area contributed by atoms with Crippen molar-refractivity contribution >= 4 is 24.8 Å². The monoisotopic (exact) mass is 397 g/mol. The minimum absolute atomic E-state index is 0.0358. The molecule has 4 nitrogen and oxygen atoms in total. The average Bonchev–Trinajstić information content (AvgIpc) is 2.67. The van der Waals surface area contributed by atoms with E-state index in [-0.39, 0.29) is 17.2 Å². The third-order valence-electron chi connectivity index (χ3n) is 5.76. The molecule has 0 aliphatic heterocycles. The van der Waals surface area contributed by atoms with Crippen LogP contribution in [0.25, 0.3) is 0 Å². The summed E-state index contributed by atoms with van der Waals surface area (Å²) in [5, 5.41) is 14.2. The molecule has 0 radical (unpaired) electrons. The van der Waals surface area contributed by atoms with Crippen molar-refractivity contribution in [3.05, 3.63) is 60.7 Å². The maximum Gasteiger partial charge on any atom is 0.404 e. The predicted molar refractivity (Wildman–Crippen MR) is 116 cm³/mol. The van der Waals surface area contributed by atoms with Crippen molar-refractivity contribution in [2.75, 3.05) is 0 Å². The first-order valence-electron chi connectivity index (χ1n) is 10.1. The summed E-state index contributed by atoms with van der Waals surface area (Å²) in [6.07, 6.45) is 2.64. The van der Waals surface area contributed by atoms with E-state index in [9.17, 15) is 4.79 Å². The standard InChI is InChI=1S/C23H31NO3Si/c1-23(2,3)28(20-10-6-4-7-11-20,21-12-8-5-9-13-21)27-19-16-14-18(15-17-19)24-22(25)26/h4-13,18-19,24H,14-17H2,1-3H3,(H,25,26). The van der Waals surface area contributed by atoms with Crippen LogP contribution in [0.2, 0.25) is 5.04 Å². The molecule has 2 aromatic rings. The minimum atomic E-state index is -2.53. The number of rotatable bonds is 5. The van der Waals surface area contributed by atoms with Crippen LogP contribution >= 0.6 is 0 Å². The normalized spacial score (nSPS) is 20.5. The summed E-state index contributed by atoms with van der Waals surface area (Å²) in [5.41, 5.74) is 0. The summed E-state index contributed by atoms with van der Waals surface area (Å²) >= 11 is 0. The molecule has 2 aromatic carbocycles. The predicted octanol–water partition coefficient (Wildman–Crippen LogP) is 4.14. The molecule has 0 aromatic heterocycles. The van der Waals surface area contributed by atoms with Crippen LogP contribution in [-0.2, 0) is 4.43 Å². The van der Waals surface area contributed by atoms with Crippen molar-refractivity contribution in [3.8, 4) is 0 Å². The molecule has 0 bridgehead atoms. The van der Waals surface area contributed by atoms with Gasteiger partial charge in [-0.25, -0.2) is 4.79 Å². The SMILES string of the molecule is CC(C)(C)[Si](OC1CCC(NC(=O)O)CC1)(c1ccccc1)c1ccccc1. The molecule has 0 spiro atoms. The van der Waals surface area contributed by atoms with E-state index < -0.39 is 14.4 Å². The van der Waals surface area contributed by atoms with E-state index in [2.05, 4.69) is 86.8 Å². The van der Waals surface area contributed by atoms with Gasteiger partial charge in [-0.2, -0.15) is 0 Å². The Balaban J connectivity index is 1.95. The van der Waals surface area contributed by atoms with Gasteiger partial charge < -0.3 is 14.8 Å². The number of hydrogen-bond acceptors (Lipinski definition) is 2. The summed E-state index contributed by atoms with van der Waals surface area (Å²) < 4.78 is 7.13. The lowest BCUT2D eigenvalue weighted by Gasteiger charge is -2.46. The maximum atomic E-state index is 10.9. The summed E-state index contributed by atoms with van der Waals surface area (Å²) in [6.45, 7) is 6.87. The Morgan fingerprint density at radius 1 is 0.929 bits per heavy atom. The van der Waals surface area contributed by atoms with Crippen LogP contribution in [0.4, 0.5) is 4.79 Å². The summed E-state index contributed by atoms with van der Waals surface area (Å²) in [4.78, 5) is 10.9. The highest BCUT2D eigenvalue weighted by Crippen LogP contribution is 2.39. The summed E-state index contributed by atoms with van der Waals surface area (Å²) in [7, 11) is -2.53. The average molecular weight is 398 g/mol. The smallest absolute Gasteiger partial charge is 0.404 e. The molecule has 0 atom stereocenters. The van der Waals surface area contributed by atoms with Gasteiger partial charge in [0.1, 0.15) is 0 Å². The van der Waals surface area contributed by atoms with Gasteiger partial charge in [0.25, 0.3) is 8.32 Å². The molecule has 1 saturated carbocycles. The first kappa shape index (κ1) is 20.6. The van der Waals surface area contributed by atoms with Crippen LogP contribution in [0.5, 0.6) is 0 Å². The Bertz CT molecular complexity index is 726. The Hall–Kier alpha value is -2.11. The van der Waals surface area contributed by atoms with Gasteiger partial charge >= 0.3 is 6.09 Å². The van der Waals surface area contributed by atoms with Gasteiger partial charge in [-0.05, 0) is 41.1 Å². The van der Waals surface area contributed by atoms with Crippen molar-refractivity contribution in [3.63, 3.8) is 0 Å². The number of carbonyl (C=O) groups is 1. The molecular weight excluding hydrogens is 366 g/mol. The second-order valence-electron chi connectivity index (χ2n) is 8.70. The zero-order chi connectivity index (χ0) is 20.2. The molecule has 1 fully saturated rings. The largest absolute Gasteiger partial charge is 0.465 e. The van der Waals surface area contributed by atoms with E-state index in [1.807, 2.05) is 0 Å². The number of benzene rings is 2. The van der Waals surface area contributed by atoms with E-state index in [0.717, 1.165) is 25.7 Å². The van der Waals surface area contributed by atoms with E-state index >= 15 is 0 Å². The zero-order valence-electron chi connectivity index (χ0n) is 17.0. The van der Waals surface area contributed by atoms with Gasteiger partial charge in [-0.1, -0.05) is 81.4 Å². The first-order valence-corrected chi connectivity index (χ1v) is 12.0. The number of nitrogens with one attached hydrogen (secondary N) is 1. The summed E-state index contributed by atoms with van der Waals surface area (Å²) in [5.74, 6) is 0. The van der Waals surface area contributed by atoms with Gasteiger partial charge in [0.05, 0.1) is 0 Å². The van der Waals surface area contributed by atoms with Crippen molar-refractivity contribution in [1.82, 2.24) is 5.32 Å². The van der Waals surface area contributed by atoms with E-state index in [1.54, 1.807) is 0 Å². The van der Waals surface area contributed by atoms with Gasteiger partial charge in [0.15, 0.2) is 0 Å². The number of carboxylic acid groups (broad SMARTS) is 1. The first-order chi connectivity index (χ1) is 13.3. The molecule has 0 heterocycles. The minimum Gasteiger partial charge on any atom is -0.465 e. The molecule has 28 heavy (non-hydrogen) atoms. The fourth-order valence-corrected chi connectivity index (χ4v) is 9.19. The zero-order valence-corrected chi connectivity index (χ0v) is 18.0. The topological polar surface area (TPSA) is 58.6 Å². The molecule has 5 heteroatoms. The highest BCUT2D eigenvalue weighted by Gasteiger charge is 2.51. The van der Waals surface area contributed by atoms with Gasteiger partial charge in [-0.3, -0.25) is 0 Å². The highest BCUT2D eigenvalue weighted by atomic mass is 28.4. The maximum absolute atomic E-state index is 10.9. The van der Waals surface area contributed by atoms with Gasteiger partial charge in [-0.15, -0.1) is 0 Å². The number of amides is 1. The number of hydrogen-bond donors (Lipinski definition) is 2. The lowest BCUT2D eigenvalue weighted by Crippen LogP contribution is -2.68. The van der Waals surface area contributed by atoms with E-state index in [4.69, 9.17) is 9.53 Å².